The van der Waals surface area contributed by atoms with E-state index in [-0.39, 0.29) is 12.5 Å². The fourth-order valence-corrected chi connectivity index (χ4v) is 5.28. The highest BCUT2D eigenvalue weighted by atomic mass is 32.2. The normalized spacial score (nSPS) is 20.5. The summed E-state index contributed by atoms with van der Waals surface area (Å²) in [4.78, 5) is 13.6. The molecule has 1 atom stereocenters. The van der Waals surface area contributed by atoms with E-state index in [0.29, 0.717) is 30.2 Å². The first-order valence-corrected chi connectivity index (χ1v) is 9.74. The molecule has 5 nitrogen and oxygen atoms in total. The molecule has 1 amide bonds. The molecule has 142 valence electrons. The quantitative estimate of drug-likeness (QED) is 0.783. The lowest BCUT2D eigenvalue weighted by Crippen LogP contribution is -2.48. The van der Waals surface area contributed by atoms with Gasteiger partial charge in [0.1, 0.15) is 6.17 Å². The molecule has 0 radical (unpaired) electrons. The van der Waals surface area contributed by atoms with Crippen molar-refractivity contribution >= 4 is 15.9 Å². The second-order valence-corrected chi connectivity index (χ2v) is 8.34. The first-order valence-electron chi connectivity index (χ1n) is 8.30. The molecule has 4 rings (SSSR count). The van der Waals surface area contributed by atoms with Gasteiger partial charge in [0.05, 0.1) is 10.5 Å². The Morgan fingerprint density at radius 3 is 2.48 bits per heavy atom. The van der Waals surface area contributed by atoms with Gasteiger partial charge >= 0.3 is 6.18 Å². The Morgan fingerprint density at radius 1 is 1.00 bits per heavy atom. The van der Waals surface area contributed by atoms with Gasteiger partial charge in [0.15, 0.2) is 0 Å². The molecule has 2 aromatic carbocycles. The van der Waals surface area contributed by atoms with Crippen LogP contribution in [0.25, 0.3) is 0 Å². The van der Waals surface area contributed by atoms with E-state index in [0.717, 1.165) is 22.5 Å². The molecule has 0 bridgehead atoms. The van der Waals surface area contributed by atoms with Crippen LogP contribution in [0.3, 0.4) is 0 Å². The van der Waals surface area contributed by atoms with E-state index >= 15 is 0 Å². The molecule has 0 spiro atoms. The number of halogens is 3. The van der Waals surface area contributed by atoms with E-state index in [4.69, 9.17) is 0 Å². The van der Waals surface area contributed by atoms with Crippen LogP contribution < -0.4 is 0 Å². The zero-order chi connectivity index (χ0) is 19.4. The van der Waals surface area contributed by atoms with Crippen LogP contribution in [0.15, 0.2) is 53.4 Å². The topological polar surface area (TPSA) is 57.7 Å². The smallest absolute Gasteiger partial charge is 0.318 e. The van der Waals surface area contributed by atoms with Crippen LogP contribution >= 0.6 is 0 Å². The van der Waals surface area contributed by atoms with E-state index in [1.807, 2.05) is 0 Å². The van der Waals surface area contributed by atoms with Gasteiger partial charge in [-0.2, -0.15) is 17.5 Å². The first-order chi connectivity index (χ1) is 12.7. The average Bonchev–Trinajstić information content (AvgIpc) is 2.94. The monoisotopic (exact) mass is 396 g/mol. The molecule has 0 unspecified atom stereocenters. The van der Waals surface area contributed by atoms with Crippen molar-refractivity contribution in [3.63, 3.8) is 0 Å². The molecular formula is C18H15F3N2O3S. The van der Waals surface area contributed by atoms with Crippen molar-refractivity contribution in [2.24, 2.45) is 0 Å². The Morgan fingerprint density at radius 2 is 1.74 bits per heavy atom. The third-order valence-electron chi connectivity index (χ3n) is 4.84. The SMILES string of the molecule is O=C1c2ccccc2[C@@H]2N1CCCN2S(=O)(=O)c1cccc(C(F)(F)F)c1. The van der Waals surface area contributed by atoms with E-state index in [1.165, 1.54) is 4.90 Å². The summed E-state index contributed by atoms with van der Waals surface area (Å²) in [7, 11) is -4.23. The lowest BCUT2D eigenvalue weighted by Gasteiger charge is -2.39. The third kappa shape index (κ3) is 2.81. The molecule has 2 aliphatic rings. The Labute approximate surface area is 154 Å². The average molecular weight is 396 g/mol. The summed E-state index contributed by atoms with van der Waals surface area (Å²) in [6, 6.07) is 10.4. The van der Waals surface area contributed by atoms with Gasteiger partial charge in [-0.1, -0.05) is 24.3 Å². The summed E-state index contributed by atoms with van der Waals surface area (Å²) in [5.74, 6) is -0.264. The van der Waals surface area contributed by atoms with Gasteiger partial charge in [-0.05, 0) is 30.7 Å². The lowest BCUT2D eigenvalue weighted by atomic mass is 10.1. The lowest BCUT2D eigenvalue weighted by molar-refractivity contribution is -0.137. The van der Waals surface area contributed by atoms with Crippen LogP contribution in [0, 0.1) is 0 Å². The molecule has 0 aliphatic carbocycles. The van der Waals surface area contributed by atoms with Crippen molar-refractivity contribution in [1.82, 2.24) is 9.21 Å². The third-order valence-corrected chi connectivity index (χ3v) is 6.69. The van der Waals surface area contributed by atoms with Crippen LogP contribution in [0.5, 0.6) is 0 Å². The second kappa shape index (κ2) is 6.07. The Kier molecular flexibility index (Phi) is 4.04. The Bertz CT molecular complexity index is 1020. The van der Waals surface area contributed by atoms with Crippen molar-refractivity contribution in [2.75, 3.05) is 13.1 Å². The van der Waals surface area contributed by atoms with E-state index in [2.05, 4.69) is 0 Å². The summed E-state index contributed by atoms with van der Waals surface area (Å²) in [5.41, 5.74) is -0.0493. The number of benzene rings is 2. The maximum atomic E-state index is 13.1. The molecule has 0 aromatic heterocycles. The molecule has 9 heteroatoms. The maximum Gasteiger partial charge on any atom is 0.416 e. The summed E-state index contributed by atoms with van der Waals surface area (Å²) in [6.07, 6.45) is -5.06. The molecule has 0 N–H and O–H groups in total. The highest BCUT2D eigenvalue weighted by Gasteiger charge is 2.46. The number of alkyl halides is 3. The minimum atomic E-state index is -4.64. The fraction of sp³-hybridized carbons (Fsp3) is 0.278. The zero-order valence-corrected chi connectivity index (χ0v) is 14.8. The van der Waals surface area contributed by atoms with Crippen molar-refractivity contribution < 1.29 is 26.4 Å². The molecule has 2 heterocycles. The van der Waals surface area contributed by atoms with Crippen LogP contribution in [-0.2, 0) is 16.2 Å². The number of sulfonamides is 1. The van der Waals surface area contributed by atoms with E-state index < -0.39 is 32.8 Å². The molecule has 2 aliphatic heterocycles. The number of hydrogen-bond donors (Lipinski definition) is 0. The number of carbonyl (C=O) groups excluding carboxylic acids is 1. The second-order valence-electron chi connectivity index (χ2n) is 6.45. The van der Waals surface area contributed by atoms with Crippen LogP contribution in [0.1, 0.15) is 34.1 Å². The zero-order valence-electron chi connectivity index (χ0n) is 14.0. The van der Waals surface area contributed by atoms with Crippen LogP contribution in [0.2, 0.25) is 0 Å². The number of amides is 1. The standard InChI is InChI=1S/C18H15F3N2O3S/c19-18(20,21)12-5-3-6-13(11-12)27(25,26)23-10-4-9-22-16(23)14-7-1-2-8-15(14)17(22)24/h1-3,5-8,11,16H,4,9-10H2/t16-/m1/s1. The van der Waals surface area contributed by atoms with Crippen molar-refractivity contribution in [3.8, 4) is 0 Å². The van der Waals surface area contributed by atoms with Gasteiger partial charge in [0.2, 0.25) is 10.0 Å². The first kappa shape index (κ1) is 18.0. The van der Waals surface area contributed by atoms with Gasteiger partial charge in [0.25, 0.3) is 5.91 Å². The largest absolute Gasteiger partial charge is 0.416 e. The fourth-order valence-electron chi connectivity index (χ4n) is 3.62. The van der Waals surface area contributed by atoms with E-state index in [1.54, 1.807) is 24.3 Å². The van der Waals surface area contributed by atoms with Gasteiger partial charge in [-0.25, -0.2) is 8.42 Å². The van der Waals surface area contributed by atoms with Gasteiger partial charge < -0.3 is 4.90 Å². The summed E-state index contributed by atoms with van der Waals surface area (Å²) in [5, 5.41) is 0. The highest BCUT2D eigenvalue weighted by Crippen LogP contribution is 2.41. The molecule has 1 fully saturated rings. The minimum Gasteiger partial charge on any atom is -0.318 e. The molecule has 27 heavy (non-hydrogen) atoms. The molecule has 0 saturated carbocycles. The molecule has 1 saturated heterocycles. The predicted octanol–water partition coefficient (Wildman–Crippen LogP) is 3.25. The van der Waals surface area contributed by atoms with Gasteiger partial charge in [0, 0.05) is 24.2 Å². The van der Waals surface area contributed by atoms with Crippen LogP contribution in [-0.4, -0.2) is 36.6 Å². The number of hydrogen-bond acceptors (Lipinski definition) is 3. The Hall–Kier alpha value is -2.39. The van der Waals surface area contributed by atoms with Gasteiger partial charge in [-0.3, -0.25) is 4.79 Å². The molecule has 2 aromatic rings. The van der Waals surface area contributed by atoms with Crippen molar-refractivity contribution in [2.45, 2.75) is 23.7 Å². The summed E-state index contributed by atoms with van der Waals surface area (Å²) in [6.45, 7) is 0.522. The van der Waals surface area contributed by atoms with Crippen LogP contribution in [0.4, 0.5) is 13.2 Å². The number of nitrogens with zero attached hydrogens (tertiary/aromatic N) is 2. The Balaban J connectivity index is 1.80. The van der Waals surface area contributed by atoms with Crippen molar-refractivity contribution in [1.29, 1.82) is 0 Å². The minimum absolute atomic E-state index is 0.126. The molecular weight excluding hydrogens is 381 g/mol. The number of fused-ring (bicyclic) bond motifs is 3. The number of rotatable bonds is 2. The summed E-state index contributed by atoms with van der Waals surface area (Å²) < 4.78 is 66.4. The van der Waals surface area contributed by atoms with Crippen molar-refractivity contribution in [3.05, 3.63) is 65.2 Å². The maximum absolute atomic E-state index is 13.1. The number of carbonyl (C=O) groups is 1. The van der Waals surface area contributed by atoms with Gasteiger partial charge in [-0.15, -0.1) is 0 Å². The predicted molar refractivity (Wildman–Crippen MR) is 90.2 cm³/mol. The highest BCUT2D eigenvalue weighted by molar-refractivity contribution is 7.89. The van der Waals surface area contributed by atoms with E-state index in [9.17, 15) is 26.4 Å². The summed E-state index contributed by atoms with van der Waals surface area (Å²) >= 11 is 0.